The Hall–Kier alpha value is -1.40. The fourth-order valence-corrected chi connectivity index (χ4v) is 11.4. The molecule has 0 aromatic heterocycles. The Balaban J connectivity index is 3.33. The van der Waals surface area contributed by atoms with Gasteiger partial charge in [-0.25, -0.2) is 0 Å². The molecule has 2 atom stereocenters. The summed E-state index contributed by atoms with van der Waals surface area (Å²) in [7, 11) is 0. The molecule has 0 rings (SSSR count). The molecule has 77 heavy (non-hydrogen) atoms. The summed E-state index contributed by atoms with van der Waals surface area (Å²) in [6.07, 6.45) is 82.7. The van der Waals surface area contributed by atoms with Gasteiger partial charge in [0.1, 0.15) is 0 Å². The Morgan fingerprint density at radius 1 is 0.351 bits per heavy atom. The van der Waals surface area contributed by atoms with Crippen LogP contribution in [0.3, 0.4) is 0 Å². The molecule has 0 aromatic carbocycles. The number of allylic oxidation sites excluding steroid dienone is 2. The lowest BCUT2D eigenvalue weighted by Crippen LogP contribution is -2.45. The van der Waals surface area contributed by atoms with Crippen LogP contribution in [0.25, 0.3) is 0 Å². The number of hydrogen-bond acceptors (Lipinski definition) is 5. The Kier molecular flexibility index (Phi) is 65.9. The largest absolute Gasteiger partial charge is 0.466 e. The number of amides is 1. The Labute approximate surface area is 482 Å². The van der Waals surface area contributed by atoms with Gasteiger partial charge in [-0.15, -0.1) is 0 Å². The van der Waals surface area contributed by atoms with Gasteiger partial charge in [-0.3, -0.25) is 9.59 Å². The number of carbonyl (C=O) groups is 2. The van der Waals surface area contributed by atoms with Crippen molar-refractivity contribution in [1.29, 1.82) is 0 Å². The number of carbonyl (C=O) groups excluding carboxylic acids is 2. The standard InChI is InChI=1S/C71H139NO5/c1-3-5-7-9-11-13-15-17-40-43-47-51-55-59-63-69(74)68(67-73)72-70(75)64-60-56-52-48-44-41-37-35-33-31-29-27-25-23-21-19-18-20-22-24-26-28-30-32-34-36-38-42-46-50-54-58-62-66-77-71(76)65-61-57-53-49-45-39-16-14-12-10-8-6-4-2/h22,24,68-69,73-74H,3-21,23,25-67H2,1-2H3,(H,72,75)/b24-22-. The summed E-state index contributed by atoms with van der Waals surface area (Å²) >= 11 is 0. The number of nitrogens with one attached hydrogen (secondary N) is 1. The number of ether oxygens (including phenoxy) is 1. The lowest BCUT2D eigenvalue weighted by Gasteiger charge is -2.22. The minimum Gasteiger partial charge on any atom is -0.466 e. The second kappa shape index (κ2) is 67.1. The van der Waals surface area contributed by atoms with E-state index in [4.69, 9.17) is 4.74 Å². The highest BCUT2D eigenvalue weighted by molar-refractivity contribution is 5.76. The van der Waals surface area contributed by atoms with Crippen LogP contribution in [0.4, 0.5) is 0 Å². The lowest BCUT2D eigenvalue weighted by molar-refractivity contribution is -0.143. The van der Waals surface area contributed by atoms with Crippen molar-refractivity contribution in [1.82, 2.24) is 5.32 Å². The molecular weight excluding hydrogens is 947 g/mol. The summed E-state index contributed by atoms with van der Waals surface area (Å²) in [6, 6.07) is -0.538. The van der Waals surface area contributed by atoms with Crippen LogP contribution < -0.4 is 5.32 Å². The molecule has 0 heterocycles. The van der Waals surface area contributed by atoms with E-state index in [9.17, 15) is 19.8 Å². The average Bonchev–Trinajstić information content (AvgIpc) is 3.43. The topological polar surface area (TPSA) is 95.9 Å². The normalized spacial score (nSPS) is 12.5. The highest BCUT2D eigenvalue weighted by atomic mass is 16.5. The molecule has 0 aliphatic carbocycles. The maximum absolute atomic E-state index is 12.5. The molecule has 2 unspecified atom stereocenters. The molecule has 458 valence electrons. The first-order valence-electron chi connectivity index (χ1n) is 35.4. The van der Waals surface area contributed by atoms with E-state index >= 15 is 0 Å². The predicted octanol–water partition coefficient (Wildman–Crippen LogP) is 22.8. The summed E-state index contributed by atoms with van der Waals surface area (Å²) in [6.45, 7) is 4.99. The van der Waals surface area contributed by atoms with Crippen molar-refractivity contribution in [3.8, 4) is 0 Å². The van der Waals surface area contributed by atoms with Crippen molar-refractivity contribution < 1.29 is 24.5 Å². The minimum absolute atomic E-state index is 0.0210. The molecule has 0 aliphatic rings. The van der Waals surface area contributed by atoms with Gasteiger partial charge in [0.05, 0.1) is 25.4 Å². The third kappa shape index (κ3) is 63.6. The number of hydrogen-bond donors (Lipinski definition) is 3. The molecule has 0 saturated heterocycles. The molecule has 6 nitrogen and oxygen atoms in total. The molecule has 3 N–H and O–H groups in total. The number of aliphatic hydroxyl groups is 2. The van der Waals surface area contributed by atoms with E-state index in [-0.39, 0.29) is 18.5 Å². The van der Waals surface area contributed by atoms with Crippen molar-refractivity contribution in [3.05, 3.63) is 12.2 Å². The quantitative estimate of drug-likeness (QED) is 0.0320. The van der Waals surface area contributed by atoms with Crippen LogP contribution in [0.15, 0.2) is 12.2 Å². The number of aliphatic hydroxyl groups excluding tert-OH is 2. The van der Waals surface area contributed by atoms with Gasteiger partial charge in [-0.1, -0.05) is 353 Å². The van der Waals surface area contributed by atoms with Crippen molar-refractivity contribution in [2.45, 2.75) is 418 Å². The molecule has 0 radical (unpaired) electrons. The fourth-order valence-electron chi connectivity index (χ4n) is 11.4. The maximum Gasteiger partial charge on any atom is 0.305 e. The van der Waals surface area contributed by atoms with E-state index in [0.717, 1.165) is 38.5 Å². The number of esters is 1. The van der Waals surface area contributed by atoms with E-state index in [0.29, 0.717) is 25.9 Å². The van der Waals surface area contributed by atoms with Crippen LogP contribution in [-0.2, 0) is 14.3 Å². The van der Waals surface area contributed by atoms with E-state index in [1.54, 1.807) is 0 Å². The monoisotopic (exact) mass is 1090 g/mol. The Bertz CT molecular complexity index is 1160. The average molecular weight is 1090 g/mol. The maximum atomic E-state index is 12.5. The van der Waals surface area contributed by atoms with Crippen molar-refractivity contribution in [2.75, 3.05) is 13.2 Å². The summed E-state index contributed by atoms with van der Waals surface area (Å²) < 4.78 is 5.49. The Morgan fingerprint density at radius 3 is 0.922 bits per heavy atom. The van der Waals surface area contributed by atoms with Gasteiger partial charge in [0.2, 0.25) is 5.91 Å². The predicted molar refractivity (Wildman–Crippen MR) is 338 cm³/mol. The molecular formula is C71H139NO5. The molecule has 0 aromatic rings. The zero-order valence-electron chi connectivity index (χ0n) is 52.5. The summed E-state index contributed by atoms with van der Waals surface area (Å²) in [5, 5.41) is 23.3. The van der Waals surface area contributed by atoms with E-state index in [1.807, 2.05) is 0 Å². The molecule has 0 saturated carbocycles. The second-order valence-corrected chi connectivity index (χ2v) is 24.6. The fraction of sp³-hybridized carbons (Fsp3) is 0.944. The molecule has 6 heteroatoms. The van der Waals surface area contributed by atoms with Crippen molar-refractivity contribution in [3.63, 3.8) is 0 Å². The summed E-state index contributed by atoms with van der Waals surface area (Å²) in [5.41, 5.74) is 0. The van der Waals surface area contributed by atoms with Gasteiger partial charge < -0.3 is 20.3 Å². The van der Waals surface area contributed by atoms with Crippen LogP contribution in [-0.4, -0.2) is 47.4 Å². The molecule has 0 spiro atoms. The van der Waals surface area contributed by atoms with Crippen molar-refractivity contribution >= 4 is 11.9 Å². The van der Waals surface area contributed by atoms with Gasteiger partial charge in [-0.2, -0.15) is 0 Å². The summed E-state index contributed by atoms with van der Waals surface area (Å²) in [4.78, 5) is 24.5. The zero-order valence-corrected chi connectivity index (χ0v) is 52.5. The second-order valence-electron chi connectivity index (χ2n) is 24.6. The molecule has 0 fully saturated rings. The molecule has 0 bridgehead atoms. The van der Waals surface area contributed by atoms with Crippen molar-refractivity contribution in [2.24, 2.45) is 0 Å². The molecule has 1 amide bonds. The highest BCUT2D eigenvalue weighted by Crippen LogP contribution is 2.19. The van der Waals surface area contributed by atoms with Crippen LogP contribution >= 0.6 is 0 Å². The molecule has 0 aliphatic heterocycles. The third-order valence-electron chi connectivity index (χ3n) is 16.8. The first kappa shape index (κ1) is 75.6. The zero-order chi connectivity index (χ0) is 55.7. The minimum atomic E-state index is -0.661. The van der Waals surface area contributed by atoms with E-state index in [1.165, 1.54) is 334 Å². The van der Waals surface area contributed by atoms with Crippen LogP contribution in [0.5, 0.6) is 0 Å². The SMILES string of the molecule is CCCCCCCCCCCCCCCCC(O)C(CO)NC(=O)CCCCCCCCCCCCCCCCCCC/C=C\CCCCCCCCCCCCCCOC(=O)CCCCCCCCCCCCCCC. The van der Waals surface area contributed by atoms with Gasteiger partial charge in [0.25, 0.3) is 0 Å². The summed E-state index contributed by atoms with van der Waals surface area (Å²) in [5.74, 6) is -0.00788. The number of rotatable bonds is 67. The third-order valence-corrected chi connectivity index (χ3v) is 16.8. The Morgan fingerprint density at radius 2 is 0.610 bits per heavy atom. The van der Waals surface area contributed by atoms with E-state index in [2.05, 4.69) is 31.3 Å². The van der Waals surface area contributed by atoms with Gasteiger partial charge in [0.15, 0.2) is 0 Å². The number of unbranched alkanes of at least 4 members (excludes halogenated alkanes) is 54. The van der Waals surface area contributed by atoms with Gasteiger partial charge in [-0.05, 0) is 51.4 Å². The van der Waals surface area contributed by atoms with Gasteiger partial charge >= 0.3 is 5.97 Å². The van der Waals surface area contributed by atoms with E-state index < -0.39 is 12.1 Å². The van der Waals surface area contributed by atoms with Crippen LogP contribution in [0.2, 0.25) is 0 Å². The smallest absolute Gasteiger partial charge is 0.305 e. The first-order chi connectivity index (χ1) is 38.0. The van der Waals surface area contributed by atoms with Crippen LogP contribution in [0.1, 0.15) is 406 Å². The van der Waals surface area contributed by atoms with Crippen LogP contribution in [0, 0.1) is 0 Å². The van der Waals surface area contributed by atoms with Gasteiger partial charge in [0, 0.05) is 12.8 Å². The first-order valence-corrected chi connectivity index (χ1v) is 35.4. The lowest BCUT2D eigenvalue weighted by atomic mass is 10.0. The highest BCUT2D eigenvalue weighted by Gasteiger charge is 2.20.